The lowest BCUT2D eigenvalue weighted by Gasteiger charge is -2.41. The standard InChI is InChI=1S/C17H27NO2/c1-11-6-12(2)10-18(9-11)17(20)15-7-13-4-3-5-14(8-15)16(13)19/h11-15H,3-10H2,1-2H3/t11-,12+,13-,14+,15?. The summed E-state index contributed by atoms with van der Waals surface area (Å²) < 4.78 is 0. The summed E-state index contributed by atoms with van der Waals surface area (Å²) in [5.74, 6) is 2.54. The first-order chi connectivity index (χ1) is 9.54. The van der Waals surface area contributed by atoms with E-state index in [1.165, 1.54) is 12.8 Å². The number of hydrogen-bond donors (Lipinski definition) is 0. The van der Waals surface area contributed by atoms with Crippen molar-refractivity contribution in [2.24, 2.45) is 29.6 Å². The SMILES string of the molecule is C[C@@H]1C[C@H](C)CN(C(=O)C2C[C@H]3CCC[C@@H](C2)C3=O)C1. The summed E-state index contributed by atoms with van der Waals surface area (Å²) in [6, 6.07) is 0. The van der Waals surface area contributed by atoms with E-state index < -0.39 is 0 Å². The molecule has 3 aliphatic rings. The molecule has 0 spiro atoms. The van der Waals surface area contributed by atoms with Crippen molar-refractivity contribution in [3.63, 3.8) is 0 Å². The third-order valence-corrected chi connectivity index (χ3v) is 5.58. The van der Waals surface area contributed by atoms with Crippen LogP contribution < -0.4 is 0 Å². The number of ketones is 1. The Labute approximate surface area is 122 Å². The second kappa shape index (κ2) is 5.50. The van der Waals surface area contributed by atoms with Crippen LogP contribution >= 0.6 is 0 Å². The molecule has 3 nitrogen and oxygen atoms in total. The van der Waals surface area contributed by atoms with Crippen LogP contribution in [0.15, 0.2) is 0 Å². The number of likely N-dealkylation sites (tertiary alicyclic amines) is 1. The summed E-state index contributed by atoms with van der Waals surface area (Å²) in [6.45, 7) is 6.33. The van der Waals surface area contributed by atoms with Gasteiger partial charge in [0.1, 0.15) is 5.78 Å². The summed E-state index contributed by atoms with van der Waals surface area (Å²) in [4.78, 5) is 27.0. The second-order valence-corrected chi connectivity index (χ2v) is 7.58. The van der Waals surface area contributed by atoms with Gasteiger partial charge in [0.15, 0.2) is 0 Å². The van der Waals surface area contributed by atoms with Gasteiger partial charge in [0, 0.05) is 30.8 Å². The Morgan fingerprint density at radius 1 is 1.00 bits per heavy atom. The van der Waals surface area contributed by atoms with Crippen molar-refractivity contribution in [1.82, 2.24) is 4.90 Å². The molecule has 0 aromatic rings. The number of nitrogens with zero attached hydrogens (tertiary/aromatic N) is 1. The van der Waals surface area contributed by atoms with Crippen LogP contribution in [0.3, 0.4) is 0 Å². The monoisotopic (exact) mass is 277 g/mol. The molecule has 1 saturated heterocycles. The molecule has 1 heterocycles. The summed E-state index contributed by atoms with van der Waals surface area (Å²) in [6.07, 6.45) is 6.11. The molecule has 1 aliphatic heterocycles. The Balaban J connectivity index is 1.67. The van der Waals surface area contributed by atoms with Gasteiger partial charge in [-0.2, -0.15) is 0 Å². The molecule has 3 heteroatoms. The molecule has 3 fully saturated rings. The van der Waals surface area contributed by atoms with E-state index in [2.05, 4.69) is 18.7 Å². The summed E-state index contributed by atoms with van der Waals surface area (Å²) >= 11 is 0. The maximum absolute atomic E-state index is 12.8. The molecule has 0 N–H and O–H groups in total. The number of carbonyl (C=O) groups is 2. The second-order valence-electron chi connectivity index (χ2n) is 7.58. The van der Waals surface area contributed by atoms with Gasteiger partial charge in [0.05, 0.1) is 0 Å². The lowest BCUT2D eigenvalue weighted by molar-refractivity contribution is -0.145. The topological polar surface area (TPSA) is 37.4 Å². The minimum Gasteiger partial charge on any atom is -0.342 e. The van der Waals surface area contributed by atoms with Crippen molar-refractivity contribution >= 4 is 11.7 Å². The molecule has 20 heavy (non-hydrogen) atoms. The molecule has 0 aromatic heterocycles. The molecule has 1 unspecified atom stereocenters. The Kier molecular flexibility index (Phi) is 3.87. The summed E-state index contributed by atoms with van der Waals surface area (Å²) in [5, 5.41) is 0. The van der Waals surface area contributed by atoms with Crippen LogP contribution in [0.4, 0.5) is 0 Å². The Morgan fingerprint density at radius 3 is 2.10 bits per heavy atom. The molecule has 5 atom stereocenters. The molecule has 2 aliphatic carbocycles. The zero-order valence-corrected chi connectivity index (χ0v) is 12.8. The smallest absolute Gasteiger partial charge is 0.225 e. The van der Waals surface area contributed by atoms with Gasteiger partial charge in [-0.25, -0.2) is 0 Å². The Bertz CT molecular complexity index is 380. The third kappa shape index (κ3) is 2.64. The number of rotatable bonds is 1. The lowest BCUT2D eigenvalue weighted by Crippen LogP contribution is -2.48. The van der Waals surface area contributed by atoms with E-state index in [1.54, 1.807) is 0 Å². The maximum Gasteiger partial charge on any atom is 0.225 e. The first kappa shape index (κ1) is 14.1. The minimum atomic E-state index is 0.125. The molecule has 1 amide bonds. The minimum absolute atomic E-state index is 0.125. The fourth-order valence-corrected chi connectivity index (χ4v) is 4.78. The quantitative estimate of drug-likeness (QED) is 0.739. The van der Waals surface area contributed by atoms with E-state index in [9.17, 15) is 9.59 Å². The molecular weight excluding hydrogens is 250 g/mol. The van der Waals surface area contributed by atoms with Crippen molar-refractivity contribution in [3.8, 4) is 0 Å². The van der Waals surface area contributed by atoms with Crippen LogP contribution in [-0.2, 0) is 9.59 Å². The predicted molar refractivity (Wildman–Crippen MR) is 78.1 cm³/mol. The van der Waals surface area contributed by atoms with Crippen molar-refractivity contribution in [1.29, 1.82) is 0 Å². The molecule has 2 saturated carbocycles. The van der Waals surface area contributed by atoms with Crippen molar-refractivity contribution < 1.29 is 9.59 Å². The van der Waals surface area contributed by atoms with E-state index in [1.807, 2.05) is 0 Å². The highest BCUT2D eigenvalue weighted by molar-refractivity contribution is 5.88. The van der Waals surface area contributed by atoms with Gasteiger partial charge in [-0.05, 0) is 43.9 Å². The highest BCUT2D eigenvalue weighted by atomic mass is 16.2. The van der Waals surface area contributed by atoms with Crippen molar-refractivity contribution in [2.45, 2.75) is 52.4 Å². The number of hydrogen-bond acceptors (Lipinski definition) is 2. The molecule has 112 valence electrons. The highest BCUT2D eigenvalue weighted by Gasteiger charge is 2.42. The van der Waals surface area contributed by atoms with Crippen LogP contribution in [0.25, 0.3) is 0 Å². The van der Waals surface area contributed by atoms with Gasteiger partial charge < -0.3 is 4.90 Å². The van der Waals surface area contributed by atoms with Crippen molar-refractivity contribution in [3.05, 3.63) is 0 Å². The van der Waals surface area contributed by atoms with Gasteiger partial charge in [0.25, 0.3) is 0 Å². The third-order valence-electron chi connectivity index (χ3n) is 5.58. The molecular formula is C17H27NO2. The first-order valence-corrected chi connectivity index (χ1v) is 8.37. The van der Waals surface area contributed by atoms with Crippen LogP contribution in [0.1, 0.15) is 52.4 Å². The van der Waals surface area contributed by atoms with Crippen LogP contribution in [0, 0.1) is 29.6 Å². The zero-order chi connectivity index (χ0) is 14.3. The fourth-order valence-electron chi connectivity index (χ4n) is 4.78. The average Bonchev–Trinajstić information content (AvgIpc) is 2.36. The van der Waals surface area contributed by atoms with Crippen LogP contribution in [0.5, 0.6) is 0 Å². The van der Waals surface area contributed by atoms with Gasteiger partial charge in [-0.1, -0.05) is 20.3 Å². The molecule has 2 bridgehead atoms. The van der Waals surface area contributed by atoms with Gasteiger partial charge in [-0.3, -0.25) is 9.59 Å². The van der Waals surface area contributed by atoms with Gasteiger partial charge in [-0.15, -0.1) is 0 Å². The molecule has 0 aromatic carbocycles. The van der Waals surface area contributed by atoms with E-state index in [0.29, 0.717) is 23.5 Å². The Hall–Kier alpha value is -0.860. The average molecular weight is 277 g/mol. The maximum atomic E-state index is 12.8. The van der Waals surface area contributed by atoms with Gasteiger partial charge in [0.2, 0.25) is 5.91 Å². The summed E-state index contributed by atoms with van der Waals surface area (Å²) in [5.41, 5.74) is 0. The van der Waals surface area contributed by atoms with Crippen molar-refractivity contribution in [2.75, 3.05) is 13.1 Å². The fraction of sp³-hybridized carbons (Fsp3) is 0.882. The predicted octanol–water partition coefficient (Wildman–Crippen LogP) is 2.89. The number of carbonyl (C=O) groups excluding carboxylic acids is 2. The normalized spacial score (nSPS) is 41.6. The number of piperidine rings is 1. The van der Waals surface area contributed by atoms with Crippen LogP contribution in [0.2, 0.25) is 0 Å². The van der Waals surface area contributed by atoms with E-state index in [4.69, 9.17) is 0 Å². The van der Waals surface area contributed by atoms with E-state index in [-0.39, 0.29) is 17.8 Å². The Morgan fingerprint density at radius 2 is 1.55 bits per heavy atom. The molecule has 0 radical (unpaired) electrons. The number of Topliss-reactive ketones (excluding diaryl/α,β-unsaturated/α-hetero) is 1. The van der Waals surface area contributed by atoms with Crippen LogP contribution in [-0.4, -0.2) is 29.7 Å². The first-order valence-electron chi connectivity index (χ1n) is 8.37. The largest absolute Gasteiger partial charge is 0.342 e. The summed E-state index contributed by atoms with van der Waals surface area (Å²) in [7, 11) is 0. The zero-order valence-electron chi connectivity index (χ0n) is 12.8. The number of fused-ring (bicyclic) bond motifs is 2. The highest BCUT2D eigenvalue weighted by Crippen LogP contribution is 2.41. The van der Waals surface area contributed by atoms with E-state index in [0.717, 1.165) is 38.8 Å². The van der Waals surface area contributed by atoms with Gasteiger partial charge >= 0.3 is 0 Å². The number of amides is 1. The lowest BCUT2D eigenvalue weighted by atomic mass is 9.66. The van der Waals surface area contributed by atoms with E-state index >= 15 is 0 Å². The molecule has 3 rings (SSSR count).